The Labute approximate surface area is 420 Å². The van der Waals surface area contributed by atoms with Crippen molar-refractivity contribution in [1.29, 1.82) is 0 Å². The number of alkyl halides is 1. The SMILES string of the molecule is BrCC1CCCCC1.CN(CC1CCCCC1)c1cc2oc(=O)c(C(=O)O)cc2s1.CNc1cc2oc(=O)c(C(=O)OC)cc2s1.COC(=O)c1cc2sc(N(C)CC3CCCCC3)cc2oc1=O. The van der Waals surface area contributed by atoms with Gasteiger partial charge in [0.15, 0.2) is 16.7 Å². The summed E-state index contributed by atoms with van der Waals surface area (Å²) in [4.78, 5) is 73.2. The first-order valence-electron chi connectivity index (χ1n) is 23.5. The second kappa shape index (κ2) is 25.8. The van der Waals surface area contributed by atoms with Crippen LogP contribution in [0.4, 0.5) is 15.0 Å². The topological polar surface area (TPSA) is 199 Å². The summed E-state index contributed by atoms with van der Waals surface area (Å²) in [5.74, 6) is -0.145. The van der Waals surface area contributed by atoms with E-state index in [-0.39, 0.29) is 16.7 Å². The van der Waals surface area contributed by atoms with Crippen LogP contribution in [0, 0.1) is 17.8 Å². The molecule has 69 heavy (non-hydrogen) atoms. The summed E-state index contributed by atoms with van der Waals surface area (Å²) in [6.45, 7) is 2.00. The first-order chi connectivity index (χ1) is 33.2. The highest BCUT2D eigenvalue weighted by molar-refractivity contribution is 9.09. The van der Waals surface area contributed by atoms with Crippen molar-refractivity contribution in [3.8, 4) is 0 Å². The van der Waals surface area contributed by atoms with E-state index in [2.05, 4.69) is 47.6 Å². The summed E-state index contributed by atoms with van der Waals surface area (Å²) >= 11 is 7.90. The fourth-order valence-electron chi connectivity index (χ4n) is 8.90. The van der Waals surface area contributed by atoms with Crippen LogP contribution in [0.2, 0.25) is 0 Å². The summed E-state index contributed by atoms with van der Waals surface area (Å²) in [5.41, 5.74) is -1.11. The van der Waals surface area contributed by atoms with Crippen LogP contribution in [0.5, 0.6) is 0 Å². The average molecular weight is 1070 g/mol. The van der Waals surface area contributed by atoms with Crippen LogP contribution >= 0.6 is 49.9 Å². The molecule has 3 aliphatic carbocycles. The predicted octanol–water partition coefficient (Wildman–Crippen LogP) is 11.9. The summed E-state index contributed by atoms with van der Waals surface area (Å²) in [6.07, 6.45) is 20.4. The van der Waals surface area contributed by atoms with E-state index in [1.165, 1.54) is 162 Å². The molecule has 0 bridgehead atoms. The molecule has 0 amide bonds. The van der Waals surface area contributed by atoms with E-state index < -0.39 is 34.8 Å². The van der Waals surface area contributed by atoms with E-state index in [9.17, 15) is 28.8 Å². The number of aromatic carboxylic acids is 1. The van der Waals surface area contributed by atoms with Gasteiger partial charge < -0.3 is 42.9 Å². The highest BCUT2D eigenvalue weighted by atomic mass is 79.9. The number of hydrogen-bond donors (Lipinski definition) is 2. The highest BCUT2D eigenvalue weighted by Crippen LogP contribution is 2.36. The second-order valence-corrected chi connectivity index (χ2v) is 21.6. The summed E-state index contributed by atoms with van der Waals surface area (Å²) in [6, 6.07) is 9.88. The molecule has 0 radical (unpaired) electrons. The molecule has 3 aliphatic rings. The van der Waals surface area contributed by atoms with Crippen molar-refractivity contribution >= 4 is 114 Å². The number of methoxy groups -OCH3 is 2. The molecule has 0 aromatic carbocycles. The number of ether oxygens (including phenoxy) is 2. The molecule has 3 saturated carbocycles. The Kier molecular flexibility index (Phi) is 19.9. The molecule has 19 heteroatoms. The van der Waals surface area contributed by atoms with Gasteiger partial charge in [0.05, 0.1) is 43.3 Å². The normalized spacial score (nSPS) is 15.5. The molecule has 6 aromatic rings. The van der Waals surface area contributed by atoms with Crippen molar-refractivity contribution in [2.45, 2.75) is 96.3 Å². The maximum Gasteiger partial charge on any atom is 0.351 e. The van der Waals surface area contributed by atoms with Gasteiger partial charge >= 0.3 is 34.8 Å². The van der Waals surface area contributed by atoms with E-state index >= 15 is 0 Å². The summed E-state index contributed by atoms with van der Waals surface area (Å²) in [7, 11) is 8.35. The van der Waals surface area contributed by atoms with Crippen molar-refractivity contribution in [3.05, 3.63) is 84.3 Å². The second-order valence-electron chi connectivity index (χ2n) is 17.8. The Balaban J connectivity index is 0.000000159. The third-order valence-corrected chi connectivity index (χ3v) is 17.1. The number of fused-ring (bicyclic) bond motifs is 3. The number of thiophene rings is 3. The summed E-state index contributed by atoms with van der Waals surface area (Å²) in [5, 5.41) is 16.1. The number of carboxylic acids is 1. The Morgan fingerprint density at radius 2 is 0.957 bits per heavy atom. The number of carbonyl (C=O) groups excluding carboxylic acids is 2. The smallest absolute Gasteiger partial charge is 0.351 e. The molecule has 9 rings (SSSR count). The molecule has 0 aliphatic heterocycles. The number of nitrogens with zero attached hydrogens (tertiary/aromatic N) is 2. The van der Waals surface area contributed by atoms with E-state index in [1.807, 2.05) is 19.2 Å². The lowest BCUT2D eigenvalue weighted by Crippen LogP contribution is -2.26. The number of rotatable bonds is 11. The van der Waals surface area contributed by atoms with Gasteiger partial charge in [0.25, 0.3) is 0 Å². The minimum atomic E-state index is -1.25. The van der Waals surface area contributed by atoms with Crippen molar-refractivity contribution in [2.24, 2.45) is 17.8 Å². The Hall–Kier alpha value is -4.98. The van der Waals surface area contributed by atoms with Crippen LogP contribution in [0.1, 0.15) is 127 Å². The molecular formula is C50H62BrN3O12S3. The molecule has 2 N–H and O–H groups in total. The van der Waals surface area contributed by atoms with Crippen molar-refractivity contribution in [3.63, 3.8) is 0 Å². The molecule has 0 spiro atoms. The van der Waals surface area contributed by atoms with Crippen LogP contribution in [0.3, 0.4) is 0 Å². The van der Waals surface area contributed by atoms with Gasteiger partial charge in [0.1, 0.15) is 16.7 Å². The monoisotopic (exact) mass is 1070 g/mol. The Morgan fingerprint density at radius 1 is 0.594 bits per heavy atom. The van der Waals surface area contributed by atoms with Gasteiger partial charge in [-0.1, -0.05) is 73.7 Å². The number of carboxylic acid groups (broad SMARTS) is 1. The van der Waals surface area contributed by atoms with Crippen LogP contribution < -0.4 is 32.0 Å². The Morgan fingerprint density at radius 3 is 1.32 bits per heavy atom. The van der Waals surface area contributed by atoms with Crippen molar-refractivity contribution in [2.75, 3.05) is 68.9 Å². The van der Waals surface area contributed by atoms with E-state index in [4.69, 9.17) is 18.4 Å². The first-order valence-corrected chi connectivity index (χ1v) is 27.1. The van der Waals surface area contributed by atoms with Gasteiger partial charge in [0.2, 0.25) is 0 Å². The molecule has 3 fully saturated rings. The molecule has 15 nitrogen and oxygen atoms in total. The molecule has 6 heterocycles. The van der Waals surface area contributed by atoms with Crippen LogP contribution in [-0.4, -0.2) is 76.8 Å². The maximum absolute atomic E-state index is 11.9. The Bertz CT molecular complexity index is 2840. The predicted molar refractivity (Wildman–Crippen MR) is 280 cm³/mol. The molecular weight excluding hydrogens is 1010 g/mol. The number of esters is 2. The van der Waals surface area contributed by atoms with Gasteiger partial charge in [-0.25, -0.2) is 28.8 Å². The zero-order chi connectivity index (χ0) is 49.6. The number of hydrogen-bond acceptors (Lipinski definition) is 17. The van der Waals surface area contributed by atoms with Gasteiger partial charge in [0, 0.05) is 57.8 Å². The third-order valence-electron chi connectivity index (χ3n) is 12.7. The highest BCUT2D eigenvalue weighted by Gasteiger charge is 2.22. The fourth-order valence-corrected chi connectivity index (χ4v) is 12.4. The minimum Gasteiger partial charge on any atom is -0.477 e. The zero-order valence-corrected chi connectivity index (χ0v) is 43.9. The maximum atomic E-state index is 11.9. The van der Waals surface area contributed by atoms with E-state index in [1.54, 1.807) is 19.2 Å². The number of halogens is 1. The van der Waals surface area contributed by atoms with Crippen LogP contribution in [0.25, 0.3) is 30.8 Å². The molecule has 6 aromatic heterocycles. The quantitative estimate of drug-likeness (QED) is 0.0916. The molecule has 374 valence electrons. The molecule has 0 saturated heterocycles. The average Bonchev–Trinajstić information content (AvgIpc) is 4.10. The number of carbonyl (C=O) groups is 3. The lowest BCUT2D eigenvalue weighted by molar-refractivity contribution is 0.0587. The van der Waals surface area contributed by atoms with Crippen molar-refractivity contribution < 1.29 is 42.2 Å². The third kappa shape index (κ3) is 14.5. The van der Waals surface area contributed by atoms with Crippen LogP contribution in [-0.2, 0) is 9.47 Å². The number of anilines is 3. The van der Waals surface area contributed by atoms with Gasteiger partial charge in [-0.15, -0.1) is 34.0 Å². The van der Waals surface area contributed by atoms with Gasteiger partial charge in [-0.3, -0.25) is 0 Å². The minimum absolute atomic E-state index is 0.0525. The zero-order valence-electron chi connectivity index (χ0n) is 39.9. The molecule has 0 atom stereocenters. The van der Waals surface area contributed by atoms with E-state index in [0.29, 0.717) is 27.4 Å². The van der Waals surface area contributed by atoms with Gasteiger partial charge in [-0.05, 0) is 74.5 Å². The standard InChI is InChI=1S/C17H21NO4S.C16H19NO4S.C10H9NO4S.C7H13Br/c1-18(10-11-6-4-3-5-7-11)15-9-13-14(23-15)8-12(16(19)21-2)17(20)22-13;1-17(9-10-5-3-2-4-6-10)14-8-12-13(22-14)7-11(15(18)19)16(20)21-12;1-11-8-4-6-7(16-8)3-5(9(12)14-2)10(13)15-6;8-6-7-4-2-1-3-5-7/h8-9,11H,3-7,10H2,1-2H3;7-8,10H,2-6,9H2,1H3,(H,18,19);3-4,11H,1-2H3;7H,1-6H2. The lowest BCUT2D eigenvalue weighted by Gasteiger charge is -2.27. The number of nitrogens with one attached hydrogen (secondary N) is 1. The van der Waals surface area contributed by atoms with Crippen molar-refractivity contribution in [1.82, 2.24) is 0 Å². The lowest BCUT2D eigenvalue weighted by atomic mass is 9.89. The molecule has 0 unspecified atom stereocenters. The van der Waals surface area contributed by atoms with Gasteiger partial charge in [-0.2, -0.15) is 0 Å². The van der Waals surface area contributed by atoms with E-state index in [0.717, 1.165) is 49.3 Å². The summed E-state index contributed by atoms with van der Waals surface area (Å²) < 4.78 is 26.7. The fraction of sp³-hybridized carbons (Fsp3) is 0.520. The first kappa shape index (κ1) is 53.4. The van der Waals surface area contributed by atoms with Crippen LogP contribution in [0.15, 0.2) is 64.0 Å². The largest absolute Gasteiger partial charge is 0.477 e.